The number of carbonyl (C=O) groups is 1. The summed E-state index contributed by atoms with van der Waals surface area (Å²) >= 11 is 1.71. The number of hydrogen-bond acceptors (Lipinski definition) is 3. The third-order valence-corrected chi connectivity index (χ3v) is 19.6. The van der Waals surface area contributed by atoms with Crippen LogP contribution in [-0.4, -0.2) is 12.6 Å². The van der Waals surface area contributed by atoms with Crippen LogP contribution in [0.2, 0.25) is 0 Å². The molecule has 6 atom stereocenters. The van der Waals surface area contributed by atoms with Crippen LogP contribution in [0.1, 0.15) is 93.2 Å². The van der Waals surface area contributed by atoms with Crippen LogP contribution >= 0.6 is 11.3 Å². The van der Waals surface area contributed by atoms with E-state index in [0.717, 1.165) is 32.1 Å². The minimum Gasteiger partial charge on any atom is -0.465 e. The largest absolute Gasteiger partial charge is 0.465 e. The van der Waals surface area contributed by atoms with Crippen molar-refractivity contribution < 1.29 is 9.53 Å². The summed E-state index contributed by atoms with van der Waals surface area (Å²) in [4.78, 5) is 13.5. The molecule has 1 aromatic heterocycles. The van der Waals surface area contributed by atoms with Crippen LogP contribution in [0.3, 0.4) is 0 Å². The first-order chi connectivity index (χ1) is 29.2. The van der Waals surface area contributed by atoms with Gasteiger partial charge >= 0.3 is 5.97 Å². The molecule has 1 fully saturated rings. The van der Waals surface area contributed by atoms with Crippen LogP contribution in [0, 0.1) is 11.8 Å². The maximum Gasteiger partial charge on any atom is 0.305 e. The molecule has 0 aliphatic heterocycles. The number of carbonyl (C=O) groups excluding carboxylic acids is 1. The van der Waals surface area contributed by atoms with Gasteiger partial charge in [-0.2, -0.15) is 11.3 Å². The lowest BCUT2D eigenvalue weighted by Gasteiger charge is -2.32. The van der Waals surface area contributed by atoms with Gasteiger partial charge in [-0.05, 0) is 208 Å². The highest BCUT2D eigenvalue weighted by molar-refractivity contribution is 7.08. The lowest BCUT2D eigenvalue weighted by molar-refractivity contribution is -0.143. The number of rotatable bonds is 8. The zero-order valence-corrected chi connectivity index (χ0v) is 33.1. The standard InChI is InChI=1S/C56H34O2S/c57-32(58-11-8-22-9-12-59-21-22)7-4-10-55(30-5-2-1-3-6-30)54-31-19-28-17-25-15-26-14-23-13-24-16-27-18-29-20-56(54,55)53-39(29)44-38(27)43-34(24)33(23)41-37(26)42-35(25)36(28)45-40(31)52(53)51-49(44)47(43)46(41)48(42)50(45)51/h1-3,5-6,9,12,15-16,18-19,21,28-29,36,54H,4,7-8,10-11,13-14,17,20H2. The van der Waals surface area contributed by atoms with Crippen LogP contribution in [0.15, 0.2) is 65.4 Å². The van der Waals surface area contributed by atoms with Crippen molar-refractivity contribution in [1.29, 1.82) is 0 Å². The van der Waals surface area contributed by atoms with Gasteiger partial charge in [-0.1, -0.05) is 60.2 Å². The molecule has 9 aromatic carbocycles. The molecule has 19 rings (SSSR count). The summed E-state index contributed by atoms with van der Waals surface area (Å²) in [7, 11) is 0. The molecule has 0 bridgehead atoms. The van der Waals surface area contributed by atoms with Crippen LogP contribution < -0.4 is 10.4 Å². The Kier molecular flexibility index (Phi) is 4.12. The van der Waals surface area contributed by atoms with Gasteiger partial charge in [0.1, 0.15) is 0 Å². The summed E-state index contributed by atoms with van der Waals surface area (Å²) < 4.78 is 5.91. The first-order valence-corrected chi connectivity index (χ1v) is 23.4. The van der Waals surface area contributed by atoms with Crippen LogP contribution in [0.4, 0.5) is 0 Å². The molecule has 2 nitrogen and oxygen atoms in total. The van der Waals surface area contributed by atoms with E-state index < -0.39 is 0 Å². The van der Waals surface area contributed by atoms with E-state index in [1.165, 1.54) is 29.2 Å². The number of thiophene rings is 1. The first kappa shape index (κ1) is 28.8. The fourth-order valence-corrected chi connectivity index (χ4v) is 18.5. The Labute approximate surface area is 341 Å². The molecule has 59 heavy (non-hydrogen) atoms. The van der Waals surface area contributed by atoms with E-state index in [2.05, 4.69) is 71.4 Å². The minimum atomic E-state index is -0.0658. The maximum atomic E-state index is 13.5. The van der Waals surface area contributed by atoms with Crippen LogP contribution in [0.25, 0.3) is 92.6 Å². The number of benzene rings is 6. The molecule has 1 saturated carbocycles. The van der Waals surface area contributed by atoms with E-state index in [1.54, 1.807) is 148 Å². The highest BCUT2D eigenvalue weighted by Crippen LogP contribution is 2.86. The summed E-state index contributed by atoms with van der Waals surface area (Å²) in [5.74, 6) is 1.78. The quantitative estimate of drug-likeness (QED) is 0.114. The van der Waals surface area contributed by atoms with Crippen molar-refractivity contribution in [2.45, 2.75) is 74.0 Å². The Bertz CT molecular complexity index is 4000. The summed E-state index contributed by atoms with van der Waals surface area (Å²) in [6.07, 6.45) is 13.4. The Morgan fingerprint density at radius 1 is 0.763 bits per heavy atom. The average molecular weight is 771 g/mol. The van der Waals surface area contributed by atoms with Gasteiger partial charge in [0.25, 0.3) is 0 Å². The van der Waals surface area contributed by atoms with Crippen molar-refractivity contribution in [3.8, 4) is 0 Å². The topological polar surface area (TPSA) is 26.3 Å². The van der Waals surface area contributed by atoms with Gasteiger partial charge in [-0.3, -0.25) is 4.79 Å². The Hall–Kier alpha value is -5.51. The summed E-state index contributed by atoms with van der Waals surface area (Å²) in [5, 5.41) is 30.5. The first-order valence-electron chi connectivity index (χ1n) is 22.5. The third kappa shape index (κ3) is 2.52. The zero-order valence-electron chi connectivity index (χ0n) is 32.3. The molecule has 3 heteroatoms. The predicted molar refractivity (Wildman–Crippen MR) is 239 cm³/mol. The van der Waals surface area contributed by atoms with Crippen LogP contribution in [0.5, 0.6) is 0 Å². The fourth-order valence-electron chi connectivity index (χ4n) is 17.8. The van der Waals surface area contributed by atoms with E-state index in [1.807, 2.05) is 0 Å². The molecular formula is C56H34O2S. The molecule has 1 heterocycles. The molecule has 0 radical (unpaired) electrons. The van der Waals surface area contributed by atoms with E-state index in [-0.39, 0.29) is 16.8 Å². The second-order valence-electron chi connectivity index (χ2n) is 20.5. The normalized spacial score (nSPS) is 28.1. The summed E-state index contributed by atoms with van der Waals surface area (Å²) in [6.45, 7) is 0.466. The molecule has 9 aliphatic carbocycles. The van der Waals surface area contributed by atoms with E-state index in [9.17, 15) is 4.79 Å². The van der Waals surface area contributed by atoms with Gasteiger partial charge in [0.15, 0.2) is 0 Å². The van der Waals surface area contributed by atoms with Gasteiger partial charge in [-0.15, -0.1) is 0 Å². The smallest absolute Gasteiger partial charge is 0.305 e. The van der Waals surface area contributed by atoms with Gasteiger partial charge in [0, 0.05) is 41.4 Å². The molecule has 276 valence electrons. The Balaban J connectivity index is 0.946. The molecular weight excluding hydrogens is 737 g/mol. The molecule has 6 unspecified atom stereocenters. The third-order valence-electron chi connectivity index (χ3n) is 18.9. The SMILES string of the molecule is O=C(CCCC1(c2ccccc2)C2C3=CC4Cc5cc6c7c8c5C4c4c3c3c5c9c%10c%11c(cc%12c%13c(c7c7c8c4c3c%10c7c%13%11)=C(C%12)C6)=CC9CC521)OCCc1ccsc1. The summed E-state index contributed by atoms with van der Waals surface area (Å²) in [6, 6.07) is 19.2. The zero-order chi connectivity index (χ0) is 37.3. The van der Waals surface area contributed by atoms with E-state index in [0.29, 0.717) is 36.7 Å². The Morgan fingerprint density at radius 2 is 1.56 bits per heavy atom. The number of hydrogen-bond donors (Lipinski definition) is 0. The molecule has 0 amide bonds. The lowest BCUT2D eigenvalue weighted by Crippen LogP contribution is -2.22. The number of fused-ring (bicyclic) bond motifs is 1. The highest BCUT2D eigenvalue weighted by Gasteiger charge is 2.82. The van der Waals surface area contributed by atoms with Crippen molar-refractivity contribution in [2.24, 2.45) is 11.8 Å². The lowest BCUT2D eigenvalue weighted by atomic mass is 9.70. The molecule has 9 aliphatic rings. The second-order valence-corrected chi connectivity index (χ2v) is 21.3. The monoisotopic (exact) mass is 770 g/mol. The number of ether oxygens (including phenoxy) is 1. The molecule has 1 spiro atoms. The van der Waals surface area contributed by atoms with Crippen molar-refractivity contribution in [1.82, 2.24) is 0 Å². The summed E-state index contributed by atoms with van der Waals surface area (Å²) in [5.41, 5.74) is 19.5. The van der Waals surface area contributed by atoms with E-state index >= 15 is 0 Å². The van der Waals surface area contributed by atoms with Gasteiger partial charge in [-0.25, -0.2) is 0 Å². The van der Waals surface area contributed by atoms with E-state index in [4.69, 9.17) is 4.74 Å². The fraction of sp³-hybridized carbons (Fsp3) is 0.268. The van der Waals surface area contributed by atoms with Crippen LogP contribution in [-0.2, 0) is 46.0 Å². The number of esters is 1. The average Bonchev–Trinajstić information content (AvgIpc) is 4.03. The van der Waals surface area contributed by atoms with Gasteiger partial charge in [0.2, 0.25) is 0 Å². The highest BCUT2D eigenvalue weighted by atomic mass is 32.1. The maximum absolute atomic E-state index is 13.5. The predicted octanol–water partition coefficient (Wildman–Crippen LogP) is 10.9. The van der Waals surface area contributed by atoms with Crippen molar-refractivity contribution in [3.63, 3.8) is 0 Å². The Morgan fingerprint density at radius 3 is 2.46 bits per heavy atom. The molecule has 0 N–H and O–H groups in total. The van der Waals surface area contributed by atoms with Crippen molar-refractivity contribution in [3.05, 3.63) is 131 Å². The number of allylic oxidation sites excluding steroid dienone is 2. The van der Waals surface area contributed by atoms with Gasteiger partial charge < -0.3 is 4.74 Å². The van der Waals surface area contributed by atoms with Gasteiger partial charge in [0.05, 0.1) is 6.61 Å². The van der Waals surface area contributed by atoms with Crippen molar-refractivity contribution in [2.75, 3.05) is 6.61 Å². The molecule has 10 aromatic rings. The van der Waals surface area contributed by atoms with Crippen molar-refractivity contribution >= 4 is 110 Å². The second kappa shape index (κ2) is 8.43. The molecule has 0 saturated heterocycles. The minimum absolute atomic E-state index is 0.0101.